The second-order valence-corrected chi connectivity index (χ2v) is 10.2. The number of rotatable bonds is 13. The minimum absolute atomic E-state index is 0.143. The number of ketones is 1. The molecule has 0 fully saturated rings. The number of fused-ring (bicyclic) bond motifs is 1. The van der Waals surface area contributed by atoms with Gasteiger partial charge in [-0.15, -0.1) is 0 Å². The number of ether oxygens (including phenoxy) is 1. The molecule has 1 aromatic carbocycles. The Morgan fingerprint density at radius 2 is 1.88 bits per heavy atom. The molecule has 2 N–H and O–H groups in total. The maximum atomic E-state index is 13.3. The van der Waals surface area contributed by atoms with Crippen molar-refractivity contribution in [3.63, 3.8) is 0 Å². The summed E-state index contributed by atoms with van der Waals surface area (Å²) in [5.74, 6) is -0.00506. The predicted octanol–water partition coefficient (Wildman–Crippen LogP) is 2.61. The maximum Gasteiger partial charge on any atom is 0.407 e. The molecule has 0 saturated carbocycles. The van der Waals surface area contributed by atoms with Crippen molar-refractivity contribution >= 4 is 28.9 Å². The monoisotopic (exact) mass is 585 g/mol. The Kier molecular flexibility index (Phi) is 10.5. The van der Waals surface area contributed by atoms with Crippen molar-refractivity contribution in [1.29, 1.82) is 0 Å². The van der Waals surface area contributed by atoms with Crippen LogP contribution in [0.5, 0.6) is 0 Å². The summed E-state index contributed by atoms with van der Waals surface area (Å²) >= 11 is 0. The minimum atomic E-state index is -0.900. The molecule has 12 nitrogen and oxygen atoms in total. The quantitative estimate of drug-likeness (QED) is 0.227. The summed E-state index contributed by atoms with van der Waals surface area (Å²) in [6.07, 6.45) is 7.32. The highest BCUT2D eigenvalue weighted by molar-refractivity contribution is 5.89. The van der Waals surface area contributed by atoms with Crippen molar-refractivity contribution < 1.29 is 19.1 Å². The van der Waals surface area contributed by atoms with E-state index in [1.165, 1.54) is 34.5 Å². The van der Waals surface area contributed by atoms with Gasteiger partial charge >= 0.3 is 6.09 Å². The highest BCUT2D eigenvalue weighted by Gasteiger charge is 2.22. The van der Waals surface area contributed by atoms with Crippen molar-refractivity contribution in [2.45, 2.75) is 44.7 Å². The third-order valence-corrected chi connectivity index (χ3v) is 6.88. The van der Waals surface area contributed by atoms with Crippen LogP contribution in [0.1, 0.15) is 35.5 Å². The molecular weight excluding hydrogens is 550 g/mol. The molecule has 3 aromatic heterocycles. The maximum absolute atomic E-state index is 13.3. The van der Waals surface area contributed by atoms with Gasteiger partial charge in [-0.1, -0.05) is 42.5 Å². The van der Waals surface area contributed by atoms with Gasteiger partial charge in [0.2, 0.25) is 5.91 Å². The summed E-state index contributed by atoms with van der Waals surface area (Å²) in [5.41, 5.74) is 3.22. The molecule has 3 heterocycles. The van der Waals surface area contributed by atoms with Crippen LogP contribution < -0.4 is 10.9 Å². The number of pyridine rings is 1. The van der Waals surface area contributed by atoms with Crippen LogP contribution in [-0.2, 0) is 40.1 Å². The Bertz CT molecular complexity index is 1660. The van der Waals surface area contributed by atoms with E-state index in [0.29, 0.717) is 24.3 Å². The van der Waals surface area contributed by atoms with Crippen molar-refractivity contribution in [3.05, 3.63) is 100 Å². The molecular formula is C31H35N7O5. The predicted molar refractivity (Wildman–Crippen MR) is 160 cm³/mol. The van der Waals surface area contributed by atoms with Gasteiger partial charge in [0.25, 0.3) is 5.56 Å². The van der Waals surface area contributed by atoms with Gasteiger partial charge in [-0.05, 0) is 43.4 Å². The zero-order chi connectivity index (χ0) is 30.8. The number of carbonyl (C=O) groups is 3. The fraction of sp³-hybridized carbons (Fsp3) is 0.323. The van der Waals surface area contributed by atoms with Gasteiger partial charge in [-0.2, -0.15) is 0 Å². The molecule has 12 heteroatoms. The van der Waals surface area contributed by atoms with Crippen LogP contribution in [0.25, 0.3) is 11.2 Å². The first-order valence-corrected chi connectivity index (χ1v) is 13.9. The number of benzene rings is 1. The van der Waals surface area contributed by atoms with E-state index >= 15 is 0 Å². The van der Waals surface area contributed by atoms with Crippen molar-refractivity contribution in [2.24, 2.45) is 0 Å². The Morgan fingerprint density at radius 1 is 1.09 bits per heavy atom. The second-order valence-electron chi connectivity index (χ2n) is 10.2. The highest BCUT2D eigenvalue weighted by atomic mass is 16.5. The third kappa shape index (κ3) is 8.44. The fourth-order valence-corrected chi connectivity index (χ4v) is 4.52. The number of aryl methyl sites for hydroxylation is 2. The normalized spacial score (nSPS) is 11.9. The van der Waals surface area contributed by atoms with Crippen LogP contribution in [0.15, 0.2) is 71.9 Å². The number of H-pyrrole nitrogens is 1. The lowest BCUT2D eigenvalue weighted by Gasteiger charge is -2.16. The summed E-state index contributed by atoms with van der Waals surface area (Å²) in [5, 5.41) is 2.54. The first-order chi connectivity index (χ1) is 20.7. The molecule has 0 radical (unpaired) electrons. The number of methoxy groups -OCH3 is 1. The van der Waals surface area contributed by atoms with E-state index in [-0.39, 0.29) is 42.2 Å². The number of nitrogens with zero attached hydrogens (tertiary/aromatic N) is 5. The van der Waals surface area contributed by atoms with Gasteiger partial charge in [-0.25, -0.2) is 19.7 Å². The standard InChI is InChI=1S/C31H35N7O5/c1-37(2)27(40)14-8-7-13-23(34-31(42)43-3)25(39)18-22-12-9-17-38(30(22)41)19-26-35-28-24(32-20-33-29(28)36-26)16-15-21-10-5-4-6-11-21/h4-6,8-12,14,17,20,23H,7,13,15-16,18-19H2,1-3H3,(H,34,42)(H,32,33,35,36)/b14-8+/t23-/m0/s1. The van der Waals surface area contributed by atoms with Crippen LogP contribution in [0.4, 0.5) is 4.79 Å². The Morgan fingerprint density at radius 3 is 2.63 bits per heavy atom. The van der Waals surface area contributed by atoms with Gasteiger partial charge < -0.3 is 24.5 Å². The van der Waals surface area contributed by atoms with Gasteiger partial charge in [0.15, 0.2) is 11.4 Å². The Hall–Kier alpha value is -5.13. The zero-order valence-electron chi connectivity index (χ0n) is 24.4. The number of nitrogens with one attached hydrogen (secondary N) is 2. The number of carbonyl (C=O) groups excluding carboxylic acids is 3. The van der Waals surface area contributed by atoms with E-state index in [0.717, 1.165) is 17.6 Å². The average molecular weight is 586 g/mol. The molecule has 0 aliphatic heterocycles. The molecule has 4 rings (SSSR count). The number of aromatic amines is 1. The number of aromatic nitrogens is 5. The molecule has 0 spiro atoms. The van der Waals surface area contributed by atoms with Crippen molar-refractivity contribution in [2.75, 3.05) is 21.2 Å². The smallest absolute Gasteiger partial charge is 0.407 e. The van der Waals surface area contributed by atoms with E-state index in [9.17, 15) is 19.2 Å². The van der Waals surface area contributed by atoms with E-state index in [1.807, 2.05) is 18.2 Å². The SMILES string of the molecule is COC(=O)N[C@@H](CC/C=C/C(=O)N(C)C)C(=O)Cc1cccn(Cc2nc3ncnc(CCc4ccccc4)c3[nH]2)c1=O. The number of likely N-dealkylation sites (N-methyl/N-ethyl adjacent to an activating group) is 1. The Balaban J connectivity index is 1.46. The van der Waals surface area contributed by atoms with Crippen LogP contribution in [0, 0.1) is 0 Å². The molecule has 0 aliphatic rings. The minimum Gasteiger partial charge on any atom is -0.453 e. The van der Waals surface area contributed by atoms with Crippen LogP contribution in [0.3, 0.4) is 0 Å². The molecule has 4 aromatic rings. The number of hydrogen-bond donors (Lipinski definition) is 2. The van der Waals surface area contributed by atoms with Crippen molar-refractivity contribution in [1.82, 2.24) is 34.7 Å². The molecule has 0 unspecified atom stereocenters. The van der Waals surface area contributed by atoms with Crippen LogP contribution >= 0.6 is 0 Å². The summed E-state index contributed by atoms with van der Waals surface area (Å²) in [4.78, 5) is 68.2. The summed E-state index contributed by atoms with van der Waals surface area (Å²) in [6.45, 7) is 0.143. The molecule has 0 aliphatic carbocycles. The van der Waals surface area contributed by atoms with E-state index < -0.39 is 12.1 Å². The van der Waals surface area contributed by atoms with Gasteiger partial charge in [0.05, 0.1) is 25.4 Å². The van der Waals surface area contributed by atoms with Gasteiger partial charge in [0, 0.05) is 32.3 Å². The zero-order valence-corrected chi connectivity index (χ0v) is 24.4. The second kappa shape index (κ2) is 14.7. The first-order valence-electron chi connectivity index (χ1n) is 13.9. The van der Waals surface area contributed by atoms with E-state index in [4.69, 9.17) is 0 Å². The first kappa shape index (κ1) is 30.8. The summed E-state index contributed by atoms with van der Waals surface area (Å²) < 4.78 is 6.14. The average Bonchev–Trinajstić information content (AvgIpc) is 3.43. The summed E-state index contributed by atoms with van der Waals surface area (Å²) in [6, 6.07) is 12.5. The number of imidazole rings is 1. The number of amides is 2. The lowest BCUT2D eigenvalue weighted by molar-refractivity contribution is -0.123. The third-order valence-electron chi connectivity index (χ3n) is 6.88. The van der Waals surface area contributed by atoms with E-state index in [1.54, 1.807) is 38.5 Å². The van der Waals surface area contributed by atoms with E-state index in [2.05, 4.69) is 42.1 Å². The molecule has 0 saturated heterocycles. The van der Waals surface area contributed by atoms with Crippen LogP contribution in [-0.4, -0.2) is 74.4 Å². The Labute approximate surface area is 248 Å². The molecule has 43 heavy (non-hydrogen) atoms. The van der Waals surface area contributed by atoms with Crippen LogP contribution in [0.2, 0.25) is 0 Å². The fourth-order valence-electron chi connectivity index (χ4n) is 4.52. The van der Waals surface area contributed by atoms with Gasteiger partial charge in [0.1, 0.15) is 17.7 Å². The topological polar surface area (TPSA) is 152 Å². The van der Waals surface area contributed by atoms with Gasteiger partial charge in [-0.3, -0.25) is 14.4 Å². The molecule has 0 bridgehead atoms. The molecule has 2 amide bonds. The largest absolute Gasteiger partial charge is 0.453 e. The molecule has 224 valence electrons. The number of allylic oxidation sites excluding steroid dienone is 1. The van der Waals surface area contributed by atoms with Crippen molar-refractivity contribution in [3.8, 4) is 0 Å². The lowest BCUT2D eigenvalue weighted by Crippen LogP contribution is -2.42. The number of Topliss-reactive ketones (excluding diaryl/α,β-unsaturated/α-hetero) is 1. The number of alkyl carbamates (subject to hydrolysis) is 1. The molecule has 1 atom stereocenters. The number of hydrogen-bond acceptors (Lipinski definition) is 8. The highest BCUT2D eigenvalue weighted by Crippen LogP contribution is 2.15. The lowest BCUT2D eigenvalue weighted by atomic mass is 10.0. The summed E-state index contributed by atoms with van der Waals surface area (Å²) in [7, 11) is 4.48.